The van der Waals surface area contributed by atoms with Gasteiger partial charge >= 0.3 is 0 Å². The molecule has 1 aliphatic heterocycles. The highest BCUT2D eigenvalue weighted by Gasteiger charge is 2.08. The van der Waals surface area contributed by atoms with Crippen LogP contribution in [0.2, 0.25) is 0 Å². The van der Waals surface area contributed by atoms with Crippen molar-refractivity contribution < 1.29 is 4.74 Å². The number of hydrogen-bond acceptors (Lipinski definition) is 4. The number of nitrogens with zero attached hydrogens (tertiary/aromatic N) is 1. The maximum Gasteiger partial charge on any atom is 0.0594 e. The van der Waals surface area contributed by atoms with E-state index >= 15 is 0 Å². The third-order valence-electron chi connectivity index (χ3n) is 3.24. The van der Waals surface area contributed by atoms with Crippen molar-refractivity contribution in [3.8, 4) is 0 Å². The fourth-order valence-corrected chi connectivity index (χ4v) is 2.12. The number of morpholine rings is 1. The lowest BCUT2D eigenvalue weighted by molar-refractivity contribution is 0.0374. The van der Waals surface area contributed by atoms with Crippen molar-refractivity contribution in [1.82, 2.24) is 10.2 Å². The quantitative estimate of drug-likeness (QED) is 0.585. The van der Waals surface area contributed by atoms with Gasteiger partial charge < -0.3 is 15.8 Å². The van der Waals surface area contributed by atoms with Crippen LogP contribution in [0.25, 0.3) is 0 Å². The normalized spacial score (nSPS) is 16.9. The van der Waals surface area contributed by atoms with Crippen LogP contribution in [0, 0.1) is 0 Å². The largest absolute Gasteiger partial charge is 0.399 e. The van der Waals surface area contributed by atoms with E-state index in [0.717, 1.165) is 51.6 Å². The summed E-state index contributed by atoms with van der Waals surface area (Å²) in [5, 5.41) is 3.46. The molecule has 0 saturated carbocycles. The summed E-state index contributed by atoms with van der Waals surface area (Å²) in [4.78, 5) is 2.47. The number of ether oxygens (including phenoxy) is 1. The average molecular weight is 249 g/mol. The van der Waals surface area contributed by atoms with Gasteiger partial charge in [-0.2, -0.15) is 0 Å². The first-order valence-electron chi connectivity index (χ1n) is 6.70. The lowest BCUT2D eigenvalue weighted by atomic mass is 10.2. The third-order valence-corrected chi connectivity index (χ3v) is 3.24. The number of anilines is 1. The molecule has 4 nitrogen and oxygen atoms in total. The molecule has 0 aromatic heterocycles. The molecule has 1 saturated heterocycles. The van der Waals surface area contributed by atoms with Gasteiger partial charge in [-0.05, 0) is 37.2 Å². The Hall–Kier alpha value is -1.10. The molecule has 2 rings (SSSR count). The Labute approximate surface area is 109 Å². The van der Waals surface area contributed by atoms with Crippen LogP contribution >= 0.6 is 0 Å². The third kappa shape index (κ3) is 4.64. The van der Waals surface area contributed by atoms with Gasteiger partial charge in [-0.1, -0.05) is 12.1 Å². The van der Waals surface area contributed by atoms with Gasteiger partial charge in [-0.3, -0.25) is 4.90 Å². The van der Waals surface area contributed by atoms with E-state index in [0.29, 0.717) is 0 Å². The summed E-state index contributed by atoms with van der Waals surface area (Å²) in [6.45, 7) is 7.08. The Morgan fingerprint density at radius 1 is 1.17 bits per heavy atom. The zero-order chi connectivity index (χ0) is 12.6. The predicted octanol–water partition coefficient (Wildman–Crippen LogP) is 1.08. The van der Waals surface area contributed by atoms with Crippen molar-refractivity contribution in [2.24, 2.45) is 0 Å². The minimum Gasteiger partial charge on any atom is -0.399 e. The number of hydrogen-bond donors (Lipinski definition) is 2. The fourth-order valence-electron chi connectivity index (χ4n) is 2.12. The molecular formula is C14H23N3O. The molecule has 0 amide bonds. The van der Waals surface area contributed by atoms with Crippen molar-refractivity contribution in [3.05, 3.63) is 29.8 Å². The van der Waals surface area contributed by atoms with Gasteiger partial charge in [-0.15, -0.1) is 0 Å². The Morgan fingerprint density at radius 3 is 2.61 bits per heavy atom. The van der Waals surface area contributed by atoms with Crippen LogP contribution in [0.5, 0.6) is 0 Å². The lowest BCUT2D eigenvalue weighted by Crippen LogP contribution is -2.37. The lowest BCUT2D eigenvalue weighted by Gasteiger charge is -2.26. The van der Waals surface area contributed by atoms with Crippen molar-refractivity contribution in [3.63, 3.8) is 0 Å². The molecular weight excluding hydrogens is 226 g/mol. The van der Waals surface area contributed by atoms with Crippen LogP contribution < -0.4 is 11.1 Å². The Bertz CT molecular complexity index is 333. The molecule has 1 aliphatic rings. The van der Waals surface area contributed by atoms with E-state index in [1.165, 1.54) is 12.0 Å². The molecule has 0 unspecified atom stereocenters. The summed E-state index contributed by atoms with van der Waals surface area (Å²) >= 11 is 0. The van der Waals surface area contributed by atoms with Gasteiger partial charge in [0.25, 0.3) is 0 Å². The first-order chi connectivity index (χ1) is 8.84. The molecule has 1 fully saturated rings. The Kier molecular flexibility index (Phi) is 5.45. The van der Waals surface area contributed by atoms with Crippen LogP contribution in [0.4, 0.5) is 5.69 Å². The van der Waals surface area contributed by atoms with Crippen molar-refractivity contribution in [1.29, 1.82) is 0 Å². The molecule has 18 heavy (non-hydrogen) atoms. The highest BCUT2D eigenvalue weighted by molar-refractivity contribution is 5.39. The maximum atomic E-state index is 5.65. The summed E-state index contributed by atoms with van der Waals surface area (Å²) in [6.07, 6.45) is 1.19. The highest BCUT2D eigenvalue weighted by atomic mass is 16.5. The maximum absolute atomic E-state index is 5.65. The average Bonchev–Trinajstić information content (AvgIpc) is 2.42. The number of benzene rings is 1. The SMILES string of the molecule is Nc1ccc(CNCCCN2CCOCC2)cc1. The molecule has 0 aliphatic carbocycles. The van der Waals surface area contributed by atoms with Gasteiger partial charge in [0, 0.05) is 25.3 Å². The van der Waals surface area contributed by atoms with E-state index < -0.39 is 0 Å². The molecule has 4 heteroatoms. The second kappa shape index (κ2) is 7.36. The first kappa shape index (κ1) is 13.3. The van der Waals surface area contributed by atoms with E-state index in [1.807, 2.05) is 12.1 Å². The standard InChI is InChI=1S/C14H23N3O/c15-14-4-2-13(3-5-14)12-16-6-1-7-17-8-10-18-11-9-17/h2-5,16H,1,6-12,15H2. The number of nitrogen functional groups attached to an aromatic ring is 1. The molecule has 0 bridgehead atoms. The summed E-state index contributed by atoms with van der Waals surface area (Å²) in [6, 6.07) is 8.05. The van der Waals surface area contributed by atoms with Crippen molar-refractivity contribution in [2.45, 2.75) is 13.0 Å². The summed E-state index contributed by atoms with van der Waals surface area (Å²) < 4.78 is 5.33. The Morgan fingerprint density at radius 2 is 1.89 bits per heavy atom. The van der Waals surface area contributed by atoms with E-state index in [4.69, 9.17) is 10.5 Å². The van der Waals surface area contributed by atoms with Crippen LogP contribution in [-0.2, 0) is 11.3 Å². The molecule has 1 aromatic carbocycles. The first-order valence-corrected chi connectivity index (χ1v) is 6.70. The molecule has 0 atom stereocenters. The van der Waals surface area contributed by atoms with E-state index in [9.17, 15) is 0 Å². The molecule has 100 valence electrons. The zero-order valence-electron chi connectivity index (χ0n) is 10.9. The molecule has 1 aromatic rings. The monoisotopic (exact) mass is 249 g/mol. The van der Waals surface area contributed by atoms with Crippen molar-refractivity contribution in [2.75, 3.05) is 45.1 Å². The smallest absolute Gasteiger partial charge is 0.0594 e. The van der Waals surface area contributed by atoms with E-state index in [-0.39, 0.29) is 0 Å². The van der Waals surface area contributed by atoms with Gasteiger partial charge in [0.2, 0.25) is 0 Å². The summed E-state index contributed by atoms with van der Waals surface area (Å²) in [5.74, 6) is 0. The number of nitrogens with one attached hydrogen (secondary N) is 1. The summed E-state index contributed by atoms with van der Waals surface area (Å²) in [7, 11) is 0. The number of rotatable bonds is 6. The van der Waals surface area contributed by atoms with Crippen LogP contribution in [0.3, 0.4) is 0 Å². The molecule has 1 heterocycles. The second-order valence-corrected chi connectivity index (χ2v) is 4.73. The van der Waals surface area contributed by atoms with Gasteiger partial charge in [0.15, 0.2) is 0 Å². The van der Waals surface area contributed by atoms with Gasteiger partial charge in [0.1, 0.15) is 0 Å². The zero-order valence-corrected chi connectivity index (χ0v) is 10.9. The second-order valence-electron chi connectivity index (χ2n) is 4.73. The molecule has 0 spiro atoms. The van der Waals surface area contributed by atoms with E-state index in [2.05, 4.69) is 22.3 Å². The fraction of sp³-hybridized carbons (Fsp3) is 0.571. The predicted molar refractivity (Wildman–Crippen MR) is 74.4 cm³/mol. The minimum absolute atomic E-state index is 0.825. The molecule has 3 N–H and O–H groups in total. The van der Waals surface area contributed by atoms with Gasteiger partial charge in [0.05, 0.1) is 13.2 Å². The summed E-state index contributed by atoms with van der Waals surface area (Å²) in [5.41, 5.74) is 7.76. The van der Waals surface area contributed by atoms with Crippen LogP contribution in [-0.4, -0.2) is 44.3 Å². The van der Waals surface area contributed by atoms with Crippen molar-refractivity contribution >= 4 is 5.69 Å². The topological polar surface area (TPSA) is 50.5 Å². The van der Waals surface area contributed by atoms with Crippen LogP contribution in [0.15, 0.2) is 24.3 Å². The van der Waals surface area contributed by atoms with E-state index in [1.54, 1.807) is 0 Å². The van der Waals surface area contributed by atoms with Crippen LogP contribution in [0.1, 0.15) is 12.0 Å². The highest BCUT2D eigenvalue weighted by Crippen LogP contribution is 2.04. The molecule has 0 radical (unpaired) electrons. The minimum atomic E-state index is 0.825. The van der Waals surface area contributed by atoms with Gasteiger partial charge in [-0.25, -0.2) is 0 Å². The Balaban J connectivity index is 1.54. The number of nitrogens with two attached hydrogens (primary N) is 1.